The average molecular weight is 775 g/mol. The number of nitrogens with zero attached hydrogens (tertiary/aromatic N) is 1. The van der Waals surface area contributed by atoms with Crippen molar-refractivity contribution in [3.63, 3.8) is 0 Å². The van der Waals surface area contributed by atoms with Crippen molar-refractivity contribution in [2.45, 2.75) is 53.5 Å². The Balaban J connectivity index is 0.00000583. The van der Waals surface area contributed by atoms with E-state index in [9.17, 15) is 57.8 Å². The number of carbonyl (C=O) groups is 1. The van der Waals surface area contributed by atoms with E-state index in [1.807, 2.05) is 0 Å². The number of rotatable bonds is 9. The fourth-order valence-corrected chi connectivity index (χ4v) is 8.76. The van der Waals surface area contributed by atoms with E-state index in [0.29, 0.717) is 37.4 Å². The van der Waals surface area contributed by atoms with E-state index in [4.69, 9.17) is 0 Å². The van der Waals surface area contributed by atoms with Gasteiger partial charge in [0.2, 0.25) is 5.91 Å². The summed E-state index contributed by atoms with van der Waals surface area (Å²) >= 11 is 0. The van der Waals surface area contributed by atoms with Crippen LogP contribution in [0.2, 0.25) is 0 Å². The molecule has 280 valence electrons. The lowest BCUT2D eigenvalue weighted by Gasteiger charge is -2.39. The first-order valence-electron chi connectivity index (χ1n) is 15.3. The number of alkyl halides is 6. The van der Waals surface area contributed by atoms with Crippen molar-refractivity contribution in [1.82, 2.24) is 10.2 Å². The third-order valence-electron chi connectivity index (χ3n) is 9.59. The predicted octanol–water partition coefficient (Wildman–Crippen LogP) is 6.33. The number of hydrogen-bond donors (Lipinski definition) is 2. The van der Waals surface area contributed by atoms with Gasteiger partial charge in [-0.3, -0.25) is 4.79 Å². The number of ether oxygens (including phenoxy) is 1. The molecular weight excluding hydrogens is 743 g/mol. The number of aliphatic hydroxyl groups is 1. The number of benzene rings is 3. The van der Waals surface area contributed by atoms with Gasteiger partial charge in [0, 0.05) is 24.2 Å². The van der Waals surface area contributed by atoms with Crippen LogP contribution >= 0.6 is 12.4 Å². The maximum atomic E-state index is 14.5. The lowest BCUT2D eigenvalue weighted by Crippen LogP contribution is -2.56. The summed E-state index contributed by atoms with van der Waals surface area (Å²) in [6.45, 7) is -2.36. The van der Waals surface area contributed by atoms with E-state index in [1.165, 1.54) is 4.90 Å². The van der Waals surface area contributed by atoms with Gasteiger partial charge in [-0.15, -0.1) is 12.4 Å². The van der Waals surface area contributed by atoms with Crippen molar-refractivity contribution in [3.05, 3.63) is 101 Å². The molecule has 0 aromatic heterocycles. The van der Waals surface area contributed by atoms with E-state index in [0.717, 1.165) is 42.5 Å². The molecule has 0 saturated carbocycles. The van der Waals surface area contributed by atoms with Crippen molar-refractivity contribution >= 4 is 28.2 Å². The SMILES string of the molecule is Cl.O=C(N1CC[C@](c2ccc(C(OCc3c(F)cccc3F)(C(F)(F)F)C(F)(F)F)cc2)(S(=O)(=O)c2ccc(F)cc2)C1)C1(CO)CCNCC1. The van der Waals surface area contributed by atoms with Gasteiger partial charge in [-0.2, -0.15) is 26.3 Å². The second-order valence-electron chi connectivity index (χ2n) is 12.4. The van der Waals surface area contributed by atoms with Crippen LogP contribution in [0.5, 0.6) is 0 Å². The van der Waals surface area contributed by atoms with Crippen LogP contribution in [0.25, 0.3) is 0 Å². The minimum Gasteiger partial charge on any atom is -0.395 e. The smallest absolute Gasteiger partial charge is 0.395 e. The largest absolute Gasteiger partial charge is 0.430 e. The Hall–Kier alpha value is -3.38. The molecule has 51 heavy (non-hydrogen) atoms. The quantitative estimate of drug-likeness (QED) is 0.195. The third kappa shape index (κ3) is 6.94. The average Bonchev–Trinajstić information content (AvgIpc) is 3.53. The number of carbonyl (C=O) groups excluding carboxylic acids is 1. The molecule has 2 aliphatic heterocycles. The first-order valence-corrected chi connectivity index (χ1v) is 16.8. The minimum atomic E-state index is -6.24. The monoisotopic (exact) mass is 774 g/mol. The van der Waals surface area contributed by atoms with Gasteiger partial charge in [0.15, 0.2) is 9.84 Å². The zero-order valence-electron chi connectivity index (χ0n) is 26.5. The number of sulfone groups is 1. The zero-order valence-corrected chi connectivity index (χ0v) is 28.1. The topological polar surface area (TPSA) is 95.9 Å². The highest BCUT2D eigenvalue weighted by atomic mass is 35.5. The fraction of sp³-hybridized carbons (Fsp3) is 0.424. The highest BCUT2D eigenvalue weighted by molar-refractivity contribution is 7.92. The van der Waals surface area contributed by atoms with Crippen LogP contribution in [-0.2, 0) is 36.3 Å². The maximum absolute atomic E-state index is 14.5. The summed E-state index contributed by atoms with van der Waals surface area (Å²) in [5.41, 5.74) is -9.40. The molecule has 0 unspecified atom stereocenters. The second kappa shape index (κ2) is 14.6. The molecule has 2 fully saturated rings. The Morgan fingerprint density at radius 3 is 1.90 bits per heavy atom. The van der Waals surface area contributed by atoms with Gasteiger partial charge in [0.05, 0.1) is 23.5 Å². The summed E-state index contributed by atoms with van der Waals surface area (Å²) in [7, 11) is -4.65. The van der Waals surface area contributed by atoms with Gasteiger partial charge < -0.3 is 20.1 Å². The summed E-state index contributed by atoms with van der Waals surface area (Å²) in [6, 6.07) is 7.91. The number of halogens is 10. The summed E-state index contributed by atoms with van der Waals surface area (Å²) in [6.07, 6.45) is -12.4. The van der Waals surface area contributed by atoms with Crippen molar-refractivity contribution in [1.29, 1.82) is 0 Å². The molecule has 2 saturated heterocycles. The van der Waals surface area contributed by atoms with E-state index in [1.54, 1.807) is 0 Å². The van der Waals surface area contributed by atoms with Gasteiger partial charge in [0.1, 0.15) is 22.2 Å². The Kier molecular flexibility index (Phi) is 11.5. The Morgan fingerprint density at radius 2 is 1.39 bits per heavy atom. The van der Waals surface area contributed by atoms with E-state index in [2.05, 4.69) is 10.1 Å². The highest BCUT2D eigenvalue weighted by Crippen LogP contribution is 2.54. The molecule has 5 rings (SSSR count). The van der Waals surface area contributed by atoms with Crippen molar-refractivity contribution in [3.8, 4) is 0 Å². The number of hydrogen-bond acceptors (Lipinski definition) is 6. The van der Waals surface area contributed by atoms with Gasteiger partial charge in [-0.1, -0.05) is 30.3 Å². The van der Waals surface area contributed by atoms with Crippen LogP contribution in [0.15, 0.2) is 71.6 Å². The number of nitrogens with one attached hydrogen (secondary N) is 1. The number of amides is 1. The van der Waals surface area contributed by atoms with Crippen LogP contribution in [0.1, 0.15) is 36.0 Å². The number of piperidine rings is 1. The van der Waals surface area contributed by atoms with Crippen LogP contribution < -0.4 is 5.32 Å². The molecule has 1 amide bonds. The van der Waals surface area contributed by atoms with Crippen LogP contribution in [-0.4, -0.2) is 69.5 Å². The van der Waals surface area contributed by atoms with Crippen LogP contribution in [0, 0.1) is 22.9 Å². The maximum Gasteiger partial charge on any atom is 0.430 e. The Bertz CT molecular complexity index is 1780. The summed E-state index contributed by atoms with van der Waals surface area (Å²) in [5.74, 6) is -4.25. The highest BCUT2D eigenvalue weighted by Gasteiger charge is 2.73. The standard InChI is InChI=1S/C33H31F9N2O5S.ClH/c34-23-8-10-24(11-9-23)50(47,48)30(14-17-44(19-30)28(46)29(20-45)12-15-43-16-13-29)21-4-6-22(7-5-21)31(32(37,38)39,33(40,41)42)49-18-25-26(35)2-1-3-27(25)36;/h1-11,43,45H,12-20H2;1H/t30-;/m0./s1. The van der Waals surface area contributed by atoms with Gasteiger partial charge in [-0.05, 0) is 74.3 Å². The fourth-order valence-electron chi connectivity index (χ4n) is 6.68. The molecular formula is C33H32ClF9N2O5S. The van der Waals surface area contributed by atoms with E-state index in [-0.39, 0.29) is 43.8 Å². The molecule has 18 heteroatoms. The summed E-state index contributed by atoms with van der Waals surface area (Å²) in [5, 5.41) is 13.3. The normalized spacial score (nSPS) is 19.8. The zero-order chi connectivity index (χ0) is 36.8. The van der Waals surface area contributed by atoms with E-state index >= 15 is 0 Å². The van der Waals surface area contributed by atoms with E-state index < -0.39 is 97.1 Å². The Morgan fingerprint density at radius 1 is 0.843 bits per heavy atom. The molecule has 7 nitrogen and oxygen atoms in total. The first kappa shape index (κ1) is 40.4. The lowest BCUT2D eigenvalue weighted by molar-refractivity contribution is -0.392. The van der Waals surface area contributed by atoms with Gasteiger partial charge in [-0.25, -0.2) is 21.6 Å². The Labute approximate surface area is 293 Å². The molecule has 3 aromatic carbocycles. The van der Waals surface area contributed by atoms with Crippen molar-refractivity contribution in [2.75, 3.05) is 32.8 Å². The first-order chi connectivity index (χ1) is 23.3. The third-order valence-corrected chi connectivity index (χ3v) is 12.1. The second-order valence-corrected chi connectivity index (χ2v) is 14.6. The minimum absolute atomic E-state index is 0. The molecule has 1 atom stereocenters. The molecule has 2 aliphatic rings. The molecule has 0 radical (unpaired) electrons. The molecule has 0 spiro atoms. The molecule has 2 N–H and O–H groups in total. The number of likely N-dealkylation sites (tertiary alicyclic amines) is 1. The van der Waals surface area contributed by atoms with Crippen molar-refractivity contribution < 1.29 is 62.6 Å². The lowest BCUT2D eigenvalue weighted by atomic mass is 9.78. The van der Waals surface area contributed by atoms with Gasteiger partial charge >= 0.3 is 12.4 Å². The molecule has 0 aliphatic carbocycles. The van der Waals surface area contributed by atoms with Crippen LogP contribution in [0.3, 0.4) is 0 Å². The summed E-state index contributed by atoms with van der Waals surface area (Å²) in [4.78, 5) is 14.6. The molecule has 2 heterocycles. The van der Waals surface area contributed by atoms with Crippen LogP contribution in [0.4, 0.5) is 39.5 Å². The molecule has 3 aromatic rings. The molecule has 0 bridgehead atoms. The summed E-state index contributed by atoms with van der Waals surface area (Å²) < 4.78 is 160. The van der Waals surface area contributed by atoms with Crippen molar-refractivity contribution in [2.24, 2.45) is 5.41 Å². The van der Waals surface area contributed by atoms with Gasteiger partial charge in [0.25, 0.3) is 5.60 Å². The number of aliphatic hydroxyl groups excluding tert-OH is 1. The predicted molar refractivity (Wildman–Crippen MR) is 167 cm³/mol.